The number of hydrogen-bond donors (Lipinski definition) is 3. The van der Waals surface area contributed by atoms with Crippen molar-refractivity contribution in [1.82, 2.24) is 0 Å². The van der Waals surface area contributed by atoms with Crippen molar-refractivity contribution in [2.45, 2.75) is 25.3 Å². The third-order valence-electron chi connectivity index (χ3n) is 2.50. The molecule has 0 heterocycles. The Labute approximate surface area is 98.9 Å². The van der Waals surface area contributed by atoms with E-state index in [4.69, 9.17) is 15.9 Å². The predicted molar refractivity (Wildman–Crippen MR) is 62.0 cm³/mol. The molecule has 0 aliphatic carbocycles. The zero-order valence-electron chi connectivity index (χ0n) is 9.30. The van der Waals surface area contributed by atoms with Gasteiger partial charge in [0.2, 0.25) is 0 Å². The summed E-state index contributed by atoms with van der Waals surface area (Å²) in [6, 6.07) is 5.71. The van der Waals surface area contributed by atoms with Crippen LogP contribution in [0.15, 0.2) is 24.3 Å². The Hall–Kier alpha value is -1.88. The number of hydrogen-bond acceptors (Lipinski definition) is 3. The first-order valence-corrected chi connectivity index (χ1v) is 5.31. The Morgan fingerprint density at radius 1 is 1.18 bits per heavy atom. The van der Waals surface area contributed by atoms with Crippen molar-refractivity contribution in [2.24, 2.45) is 5.73 Å². The standard InChI is InChI=1S/C12H15NO4/c13-10(12(16)17)3-1-2-8-4-6-9(7-5-8)11(14)15/h4-7,10H,1-3,13H2,(H,14,15)(H,16,17). The van der Waals surface area contributed by atoms with E-state index in [0.717, 1.165) is 5.56 Å². The average Bonchev–Trinajstić information content (AvgIpc) is 2.29. The quantitative estimate of drug-likeness (QED) is 0.688. The summed E-state index contributed by atoms with van der Waals surface area (Å²) in [6.07, 6.45) is 1.77. The smallest absolute Gasteiger partial charge is 0.335 e. The lowest BCUT2D eigenvalue weighted by atomic mass is 10.0. The normalized spacial score (nSPS) is 12.1. The number of aliphatic carboxylic acids is 1. The van der Waals surface area contributed by atoms with Gasteiger partial charge in [-0.3, -0.25) is 4.79 Å². The molecule has 17 heavy (non-hydrogen) atoms. The van der Waals surface area contributed by atoms with Gasteiger partial charge in [-0.05, 0) is 37.0 Å². The molecule has 0 aliphatic rings. The van der Waals surface area contributed by atoms with E-state index in [1.54, 1.807) is 12.1 Å². The molecule has 0 spiro atoms. The molecule has 1 aromatic rings. The van der Waals surface area contributed by atoms with Gasteiger partial charge >= 0.3 is 11.9 Å². The summed E-state index contributed by atoms with van der Waals surface area (Å²) in [4.78, 5) is 21.1. The molecule has 4 N–H and O–H groups in total. The van der Waals surface area contributed by atoms with Gasteiger partial charge in [-0.25, -0.2) is 4.79 Å². The van der Waals surface area contributed by atoms with Crippen LogP contribution in [-0.2, 0) is 11.2 Å². The Morgan fingerprint density at radius 2 is 1.76 bits per heavy atom. The summed E-state index contributed by atoms with van der Waals surface area (Å²) >= 11 is 0. The van der Waals surface area contributed by atoms with Crippen molar-refractivity contribution in [2.75, 3.05) is 0 Å². The van der Waals surface area contributed by atoms with Gasteiger partial charge < -0.3 is 15.9 Å². The molecule has 5 nitrogen and oxygen atoms in total. The molecule has 0 saturated carbocycles. The molecular formula is C12H15NO4. The first kappa shape index (κ1) is 13.2. The third-order valence-corrected chi connectivity index (χ3v) is 2.50. The highest BCUT2D eigenvalue weighted by molar-refractivity contribution is 5.87. The lowest BCUT2D eigenvalue weighted by Crippen LogP contribution is -2.29. The van der Waals surface area contributed by atoms with Gasteiger partial charge in [-0.2, -0.15) is 0 Å². The molecule has 1 aromatic carbocycles. The summed E-state index contributed by atoms with van der Waals surface area (Å²) < 4.78 is 0. The Balaban J connectivity index is 2.42. The molecule has 1 atom stereocenters. The number of aromatic carboxylic acids is 1. The van der Waals surface area contributed by atoms with Crippen LogP contribution in [0.5, 0.6) is 0 Å². The molecule has 0 aliphatic heterocycles. The van der Waals surface area contributed by atoms with Crippen molar-refractivity contribution < 1.29 is 19.8 Å². The van der Waals surface area contributed by atoms with Crippen LogP contribution in [0.4, 0.5) is 0 Å². The summed E-state index contributed by atoms with van der Waals surface area (Å²) in [6.45, 7) is 0. The minimum absolute atomic E-state index is 0.246. The molecule has 0 saturated heterocycles. The lowest BCUT2D eigenvalue weighted by molar-refractivity contribution is -0.138. The number of carbonyl (C=O) groups is 2. The Kier molecular flexibility index (Phi) is 4.66. The van der Waals surface area contributed by atoms with Crippen LogP contribution in [-0.4, -0.2) is 28.2 Å². The summed E-state index contributed by atoms with van der Waals surface area (Å²) in [7, 11) is 0. The zero-order valence-corrected chi connectivity index (χ0v) is 9.30. The van der Waals surface area contributed by atoms with E-state index in [-0.39, 0.29) is 5.56 Å². The fourth-order valence-electron chi connectivity index (χ4n) is 1.46. The monoisotopic (exact) mass is 237 g/mol. The number of carboxylic acids is 2. The molecule has 0 bridgehead atoms. The van der Waals surface area contributed by atoms with Crippen LogP contribution in [0.1, 0.15) is 28.8 Å². The number of aryl methyl sites for hydroxylation is 1. The molecule has 0 aromatic heterocycles. The van der Waals surface area contributed by atoms with E-state index in [2.05, 4.69) is 0 Å². The fourth-order valence-corrected chi connectivity index (χ4v) is 1.46. The third kappa shape index (κ3) is 4.24. The molecule has 92 valence electrons. The van der Waals surface area contributed by atoms with Crippen LogP contribution >= 0.6 is 0 Å². The average molecular weight is 237 g/mol. The van der Waals surface area contributed by atoms with Gasteiger partial charge in [0, 0.05) is 0 Å². The second-order valence-electron chi connectivity index (χ2n) is 3.84. The Bertz CT molecular complexity index is 399. The van der Waals surface area contributed by atoms with E-state index < -0.39 is 18.0 Å². The van der Waals surface area contributed by atoms with E-state index >= 15 is 0 Å². The fraction of sp³-hybridized carbons (Fsp3) is 0.333. The highest BCUT2D eigenvalue weighted by atomic mass is 16.4. The molecular weight excluding hydrogens is 222 g/mol. The van der Waals surface area contributed by atoms with Gasteiger partial charge in [-0.1, -0.05) is 12.1 Å². The second-order valence-corrected chi connectivity index (χ2v) is 3.84. The number of nitrogens with two attached hydrogens (primary N) is 1. The SMILES string of the molecule is NC(CCCc1ccc(C(=O)O)cc1)C(=O)O. The van der Waals surface area contributed by atoms with Crippen molar-refractivity contribution in [3.05, 3.63) is 35.4 Å². The van der Waals surface area contributed by atoms with Crippen LogP contribution in [0.2, 0.25) is 0 Å². The summed E-state index contributed by atoms with van der Waals surface area (Å²) in [5, 5.41) is 17.3. The number of carboxylic acid groups (broad SMARTS) is 2. The highest BCUT2D eigenvalue weighted by Crippen LogP contribution is 2.08. The van der Waals surface area contributed by atoms with Gasteiger partial charge in [0.25, 0.3) is 0 Å². The largest absolute Gasteiger partial charge is 0.480 e. The van der Waals surface area contributed by atoms with E-state index in [1.807, 2.05) is 0 Å². The second kappa shape index (κ2) is 6.00. The van der Waals surface area contributed by atoms with Gasteiger partial charge in [0.15, 0.2) is 0 Å². The number of rotatable bonds is 6. The van der Waals surface area contributed by atoms with Gasteiger partial charge in [-0.15, -0.1) is 0 Å². The highest BCUT2D eigenvalue weighted by Gasteiger charge is 2.10. The predicted octanol–water partition coefficient (Wildman–Crippen LogP) is 1.12. The van der Waals surface area contributed by atoms with Crippen molar-refractivity contribution in [1.29, 1.82) is 0 Å². The van der Waals surface area contributed by atoms with Crippen molar-refractivity contribution >= 4 is 11.9 Å². The molecule has 0 radical (unpaired) electrons. The maximum absolute atomic E-state index is 10.6. The topological polar surface area (TPSA) is 101 Å². The van der Waals surface area contributed by atoms with Crippen LogP contribution in [0.3, 0.4) is 0 Å². The minimum Gasteiger partial charge on any atom is -0.480 e. The maximum atomic E-state index is 10.6. The number of benzene rings is 1. The van der Waals surface area contributed by atoms with Crippen molar-refractivity contribution in [3.8, 4) is 0 Å². The van der Waals surface area contributed by atoms with Crippen LogP contribution in [0, 0.1) is 0 Å². The molecule has 5 heteroatoms. The first-order valence-electron chi connectivity index (χ1n) is 5.31. The maximum Gasteiger partial charge on any atom is 0.335 e. The summed E-state index contributed by atoms with van der Waals surface area (Å²) in [5.74, 6) is -1.95. The molecule has 0 amide bonds. The molecule has 1 rings (SSSR count). The first-order chi connectivity index (χ1) is 8.00. The van der Waals surface area contributed by atoms with Crippen LogP contribution < -0.4 is 5.73 Å². The molecule has 0 fully saturated rings. The lowest BCUT2D eigenvalue weighted by Gasteiger charge is -2.06. The van der Waals surface area contributed by atoms with E-state index in [9.17, 15) is 9.59 Å². The molecule has 1 unspecified atom stereocenters. The Morgan fingerprint density at radius 3 is 2.24 bits per heavy atom. The summed E-state index contributed by atoms with van der Waals surface area (Å²) in [5.41, 5.74) is 6.59. The zero-order chi connectivity index (χ0) is 12.8. The minimum atomic E-state index is -0.994. The van der Waals surface area contributed by atoms with Gasteiger partial charge in [0.1, 0.15) is 6.04 Å². The van der Waals surface area contributed by atoms with E-state index in [0.29, 0.717) is 19.3 Å². The van der Waals surface area contributed by atoms with Gasteiger partial charge in [0.05, 0.1) is 5.56 Å². The van der Waals surface area contributed by atoms with Crippen molar-refractivity contribution in [3.63, 3.8) is 0 Å². The van der Waals surface area contributed by atoms with E-state index in [1.165, 1.54) is 12.1 Å². The van der Waals surface area contributed by atoms with Crippen LogP contribution in [0.25, 0.3) is 0 Å².